The predicted octanol–water partition coefficient (Wildman–Crippen LogP) is 5.61. The van der Waals surface area contributed by atoms with Gasteiger partial charge in [-0.3, -0.25) is 0 Å². The lowest BCUT2D eigenvalue weighted by molar-refractivity contribution is 0.466. The van der Waals surface area contributed by atoms with Crippen molar-refractivity contribution < 1.29 is 4.42 Å². The summed E-state index contributed by atoms with van der Waals surface area (Å²) in [6.07, 6.45) is 0.432. The number of pyridine rings is 1. The summed E-state index contributed by atoms with van der Waals surface area (Å²) in [6, 6.07) is 19.4. The van der Waals surface area contributed by atoms with E-state index in [4.69, 9.17) is 26.3 Å². The third kappa shape index (κ3) is 3.80. The molecule has 4 rings (SSSR count). The molecule has 0 aliphatic heterocycles. The van der Waals surface area contributed by atoms with Crippen molar-refractivity contribution in [2.24, 2.45) is 0 Å². The monoisotopic (exact) mass is 392 g/mol. The van der Waals surface area contributed by atoms with Crippen molar-refractivity contribution in [3.63, 3.8) is 0 Å². The first-order chi connectivity index (χ1) is 13.2. The summed E-state index contributed by atoms with van der Waals surface area (Å²) in [5.74, 6) is 1.05. The minimum Gasteiger partial charge on any atom is -0.411 e. The van der Waals surface area contributed by atoms with E-state index in [1.807, 2.05) is 54.6 Å². The van der Waals surface area contributed by atoms with Crippen molar-refractivity contribution in [1.29, 1.82) is 5.26 Å². The Kier molecular flexibility index (Phi) is 5.05. The molecule has 2 heterocycles. The van der Waals surface area contributed by atoms with Gasteiger partial charge in [-0.15, -0.1) is 10.2 Å². The Labute approximate surface area is 165 Å². The molecular weight excluding hydrogens is 380 g/mol. The summed E-state index contributed by atoms with van der Waals surface area (Å²) in [4.78, 5) is 4.75. The standard InChI is InChI=1S/C20H13ClN4OS/c21-14-8-6-13(7-9-14)18-12-16(15-4-1-2-5-17(15)23-18)19-24-25-20(26-19)27-11-3-10-22/h1-2,4-9,12H,3,11H2. The van der Waals surface area contributed by atoms with Gasteiger partial charge in [-0.05, 0) is 24.3 Å². The Balaban J connectivity index is 1.79. The Morgan fingerprint density at radius 3 is 2.70 bits per heavy atom. The average molecular weight is 393 g/mol. The van der Waals surface area contributed by atoms with Crippen molar-refractivity contribution in [2.45, 2.75) is 11.6 Å². The number of fused-ring (bicyclic) bond motifs is 1. The lowest BCUT2D eigenvalue weighted by Crippen LogP contribution is -1.90. The highest BCUT2D eigenvalue weighted by Crippen LogP contribution is 2.33. The molecule has 7 heteroatoms. The van der Waals surface area contributed by atoms with Gasteiger partial charge in [0.2, 0.25) is 5.89 Å². The quantitative estimate of drug-likeness (QED) is 0.324. The van der Waals surface area contributed by atoms with E-state index < -0.39 is 0 Å². The minimum atomic E-state index is 0.432. The molecule has 2 aromatic carbocycles. The van der Waals surface area contributed by atoms with E-state index in [0.717, 1.165) is 27.7 Å². The first-order valence-corrected chi connectivity index (χ1v) is 9.60. The Morgan fingerprint density at radius 2 is 1.89 bits per heavy atom. The third-order valence-corrected chi connectivity index (χ3v) is 5.00. The number of hydrogen-bond donors (Lipinski definition) is 0. The van der Waals surface area contributed by atoms with Crippen LogP contribution >= 0.6 is 23.4 Å². The van der Waals surface area contributed by atoms with Crippen LogP contribution in [0.2, 0.25) is 5.02 Å². The molecule has 0 fully saturated rings. The van der Waals surface area contributed by atoms with Crippen molar-refractivity contribution >= 4 is 34.3 Å². The number of rotatable bonds is 5. The van der Waals surface area contributed by atoms with Gasteiger partial charge in [0.25, 0.3) is 5.22 Å². The van der Waals surface area contributed by atoms with Crippen molar-refractivity contribution in [2.75, 3.05) is 5.75 Å². The molecular formula is C20H13ClN4OS. The van der Waals surface area contributed by atoms with E-state index >= 15 is 0 Å². The lowest BCUT2D eigenvalue weighted by atomic mass is 10.0. The van der Waals surface area contributed by atoms with E-state index in [9.17, 15) is 0 Å². The van der Waals surface area contributed by atoms with E-state index in [-0.39, 0.29) is 0 Å². The van der Waals surface area contributed by atoms with Gasteiger partial charge in [0.15, 0.2) is 0 Å². The summed E-state index contributed by atoms with van der Waals surface area (Å²) in [5, 5.41) is 19.0. The zero-order chi connectivity index (χ0) is 18.6. The molecule has 5 nitrogen and oxygen atoms in total. The largest absolute Gasteiger partial charge is 0.411 e. The van der Waals surface area contributed by atoms with Gasteiger partial charge in [-0.2, -0.15) is 5.26 Å². The van der Waals surface area contributed by atoms with Gasteiger partial charge in [0, 0.05) is 28.1 Å². The molecule has 132 valence electrons. The van der Waals surface area contributed by atoms with Gasteiger partial charge in [0.05, 0.1) is 22.8 Å². The molecule has 2 aromatic heterocycles. The van der Waals surface area contributed by atoms with Crippen LogP contribution in [0.4, 0.5) is 0 Å². The summed E-state index contributed by atoms with van der Waals surface area (Å²) in [5.41, 5.74) is 3.42. The maximum absolute atomic E-state index is 8.66. The van der Waals surface area contributed by atoms with E-state index in [2.05, 4.69) is 16.3 Å². The number of nitriles is 1. The van der Waals surface area contributed by atoms with Crippen molar-refractivity contribution in [3.8, 4) is 28.8 Å². The molecule has 0 radical (unpaired) electrons. The summed E-state index contributed by atoms with van der Waals surface area (Å²) < 4.78 is 5.82. The average Bonchev–Trinajstić information content (AvgIpc) is 3.17. The second-order valence-electron chi connectivity index (χ2n) is 5.71. The maximum atomic E-state index is 8.66. The van der Waals surface area contributed by atoms with E-state index in [1.165, 1.54) is 11.8 Å². The molecule has 0 aliphatic carbocycles. The summed E-state index contributed by atoms with van der Waals surface area (Å²) >= 11 is 7.38. The molecule has 0 spiro atoms. The molecule has 0 N–H and O–H groups in total. The van der Waals surface area contributed by atoms with Gasteiger partial charge in [-0.25, -0.2) is 4.98 Å². The zero-order valence-electron chi connectivity index (χ0n) is 14.1. The van der Waals surface area contributed by atoms with Gasteiger partial charge >= 0.3 is 0 Å². The smallest absolute Gasteiger partial charge is 0.276 e. The Morgan fingerprint density at radius 1 is 1.07 bits per heavy atom. The lowest BCUT2D eigenvalue weighted by Gasteiger charge is -2.07. The molecule has 4 aromatic rings. The number of aromatic nitrogens is 3. The number of halogens is 1. The highest BCUT2D eigenvalue weighted by atomic mass is 35.5. The normalized spacial score (nSPS) is 10.8. The van der Waals surface area contributed by atoms with Crippen LogP contribution in [-0.4, -0.2) is 20.9 Å². The fraction of sp³-hybridized carbons (Fsp3) is 0.100. The Bertz CT molecular complexity index is 1130. The first kappa shape index (κ1) is 17.5. The second-order valence-corrected chi connectivity index (χ2v) is 7.19. The van der Waals surface area contributed by atoms with Crippen LogP contribution in [0.15, 0.2) is 64.2 Å². The first-order valence-electron chi connectivity index (χ1n) is 8.24. The molecule has 27 heavy (non-hydrogen) atoms. The maximum Gasteiger partial charge on any atom is 0.276 e. The predicted molar refractivity (Wildman–Crippen MR) is 106 cm³/mol. The van der Waals surface area contributed by atoms with Crippen molar-refractivity contribution in [1.82, 2.24) is 15.2 Å². The van der Waals surface area contributed by atoms with E-state index in [1.54, 1.807) is 0 Å². The number of thioether (sulfide) groups is 1. The SMILES string of the molecule is N#CCCSc1nnc(-c2cc(-c3ccc(Cl)cc3)nc3ccccc23)o1. The second kappa shape index (κ2) is 7.78. The highest BCUT2D eigenvalue weighted by molar-refractivity contribution is 7.99. The zero-order valence-corrected chi connectivity index (χ0v) is 15.7. The number of nitrogens with zero attached hydrogens (tertiary/aromatic N) is 4. The van der Waals surface area contributed by atoms with Crippen LogP contribution in [0.25, 0.3) is 33.6 Å². The molecule has 0 unspecified atom stereocenters. The number of para-hydroxylation sites is 1. The molecule has 0 saturated carbocycles. The fourth-order valence-corrected chi connectivity index (χ4v) is 3.41. The fourth-order valence-electron chi connectivity index (χ4n) is 2.68. The molecule has 0 amide bonds. The van der Waals surface area contributed by atoms with Crippen LogP contribution in [-0.2, 0) is 0 Å². The molecule has 0 aliphatic rings. The minimum absolute atomic E-state index is 0.432. The Hall–Kier alpha value is -2.88. The van der Waals surface area contributed by atoms with Gasteiger partial charge < -0.3 is 4.42 Å². The van der Waals surface area contributed by atoms with Gasteiger partial charge in [0.1, 0.15) is 0 Å². The topological polar surface area (TPSA) is 75.6 Å². The van der Waals surface area contributed by atoms with Crippen molar-refractivity contribution in [3.05, 3.63) is 59.6 Å². The number of hydrogen-bond acceptors (Lipinski definition) is 6. The van der Waals surface area contributed by atoms with Crippen LogP contribution in [0.5, 0.6) is 0 Å². The van der Waals surface area contributed by atoms with Crippen LogP contribution in [0.3, 0.4) is 0 Å². The van der Waals surface area contributed by atoms with Crippen LogP contribution in [0.1, 0.15) is 6.42 Å². The number of benzene rings is 2. The summed E-state index contributed by atoms with van der Waals surface area (Å²) in [7, 11) is 0. The molecule has 0 bridgehead atoms. The molecule has 0 atom stereocenters. The van der Waals surface area contributed by atoms with Crippen LogP contribution < -0.4 is 0 Å². The summed E-state index contributed by atoms with van der Waals surface area (Å²) in [6.45, 7) is 0. The van der Waals surface area contributed by atoms with Crippen LogP contribution in [0, 0.1) is 11.3 Å². The third-order valence-electron chi connectivity index (χ3n) is 3.93. The van der Waals surface area contributed by atoms with Gasteiger partial charge in [-0.1, -0.05) is 53.7 Å². The molecule has 0 saturated heterocycles. The highest BCUT2D eigenvalue weighted by Gasteiger charge is 2.15. The van der Waals surface area contributed by atoms with E-state index in [0.29, 0.717) is 28.3 Å².